The lowest BCUT2D eigenvalue weighted by Crippen LogP contribution is -2.12. The van der Waals surface area contributed by atoms with Crippen molar-refractivity contribution >= 4 is 21.6 Å². The smallest absolute Gasteiger partial charge is 0.246 e. The predicted octanol–water partition coefficient (Wildman–Crippen LogP) is 0.489. The second-order valence-corrected chi connectivity index (χ2v) is 3.16. The summed E-state index contributed by atoms with van der Waals surface area (Å²) in [5, 5.41) is 6.14. The quantitative estimate of drug-likeness (QED) is 0.668. The maximum absolute atomic E-state index is 11.1. The number of fused-ring (bicyclic) bond motifs is 1. The normalized spacial score (nSPS) is 10.8. The van der Waals surface area contributed by atoms with Crippen LogP contribution in [0.25, 0.3) is 5.65 Å². The van der Waals surface area contributed by atoms with Crippen LogP contribution in [0, 0.1) is 6.92 Å². The van der Waals surface area contributed by atoms with E-state index in [1.807, 2.05) is 0 Å². The molecule has 0 fully saturated rings. The lowest BCUT2D eigenvalue weighted by atomic mass is 10.5. The largest absolute Gasteiger partial charge is 0.349 e. The van der Waals surface area contributed by atoms with Crippen molar-refractivity contribution in [2.75, 3.05) is 0 Å². The molecule has 2 heterocycles. The van der Waals surface area contributed by atoms with Crippen LogP contribution >= 0.6 is 15.9 Å². The van der Waals surface area contributed by atoms with E-state index in [9.17, 15) is 4.79 Å². The first-order valence-electron chi connectivity index (χ1n) is 3.29. The van der Waals surface area contributed by atoms with Gasteiger partial charge in [-0.1, -0.05) is 0 Å². The second-order valence-electron chi connectivity index (χ2n) is 2.35. The van der Waals surface area contributed by atoms with Crippen molar-refractivity contribution in [1.82, 2.24) is 19.6 Å². The third kappa shape index (κ3) is 0.953. The molecular formula is C6H5BrN4O. The Morgan fingerprint density at radius 2 is 2.42 bits per heavy atom. The molecule has 1 N–H and O–H groups in total. The van der Waals surface area contributed by atoms with E-state index < -0.39 is 0 Å². The SMILES string of the molecule is Cc1nc(Br)cc2n[nH]c(=O)n12. The summed E-state index contributed by atoms with van der Waals surface area (Å²) in [6.45, 7) is 1.74. The molecule has 0 amide bonds. The topological polar surface area (TPSA) is 63.0 Å². The molecule has 0 saturated carbocycles. The molecule has 2 aromatic rings. The lowest BCUT2D eigenvalue weighted by molar-refractivity contribution is 0.927. The maximum atomic E-state index is 11.1. The molecule has 0 aliphatic heterocycles. The van der Waals surface area contributed by atoms with Crippen LogP contribution in [0.5, 0.6) is 0 Å². The van der Waals surface area contributed by atoms with E-state index in [1.165, 1.54) is 4.40 Å². The Hall–Kier alpha value is -1.17. The minimum Gasteiger partial charge on any atom is -0.246 e. The van der Waals surface area contributed by atoms with Crippen molar-refractivity contribution in [3.05, 3.63) is 27.0 Å². The summed E-state index contributed by atoms with van der Waals surface area (Å²) in [6, 6.07) is 1.67. The number of aromatic nitrogens is 4. The van der Waals surface area contributed by atoms with Crippen molar-refractivity contribution in [2.24, 2.45) is 0 Å². The van der Waals surface area contributed by atoms with Gasteiger partial charge in [-0.15, -0.1) is 0 Å². The second kappa shape index (κ2) is 2.41. The van der Waals surface area contributed by atoms with Crippen LogP contribution < -0.4 is 5.69 Å². The molecule has 0 radical (unpaired) electrons. The molecule has 0 bridgehead atoms. The van der Waals surface area contributed by atoms with Crippen molar-refractivity contribution in [2.45, 2.75) is 6.92 Å². The zero-order chi connectivity index (χ0) is 8.72. The van der Waals surface area contributed by atoms with Gasteiger partial charge < -0.3 is 0 Å². The molecule has 2 aromatic heterocycles. The summed E-state index contributed by atoms with van der Waals surface area (Å²) in [7, 11) is 0. The fourth-order valence-corrected chi connectivity index (χ4v) is 1.52. The highest BCUT2D eigenvalue weighted by atomic mass is 79.9. The molecule has 0 unspecified atom stereocenters. The van der Waals surface area contributed by atoms with Gasteiger partial charge in [0, 0.05) is 6.07 Å². The van der Waals surface area contributed by atoms with Gasteiger partial charge >= 0.3 is 5.69 Å². The number of halogens is 1. The van der Waals surface area contributed by atoms with E-state index in [0.717, 1.165) is 0 Å². The summed E-state index contributed by atoms with van der Waals surface area (Å²) in [4.78, 5) is 15.2. The summed E-state index contributed by atoms with van der Waals surface area (Å²) in [6.07, 6.45) is 0. The van der Waals surface area contributed by atoms with E-state index in [1.54, 1.807) is 13.0 Å². The van der Waals surface area contributed by atoms with Crippen LogP contribution in [-0.2, 0) is 0 Å². The van der Waals surface area contributed by atoms with Gasteiger partial charge in [0.2, 0.25) is 0 Å². The molecule has 12 heavy (non-hydrogen) atoms. The number of rotatable bonds is 0. The number of hydrogen-bond donors (Lipinski definition) is 1. The highest BCUT2D eigenvalue weighted by molar-refractivity contribution is 9.10. The summed E-state index contributed by atoms with van der Waals surface area (Å²) >= 11 is 3.21. The molecule has 2 rings (SSSR count). The van der Waals surface area contributed by atoms with Gasteiger partial charge in [0.05, 0.1) is 0 Å². The zero-order valence-electron chi connectivity index (χ0n) is 6.21. The van der Waals surface area contributed by atoms with Crippen LogP contribution in [-0.4, -0.2) is 19.6 Å². The highest BCUT2D eigenvalue weighted by Gasteiger charge is 2.04. The van der Waals surface area contributed by atoms with E-state index in [-0.39, 0.29) is 5.69 Å². The van der Waals surface area contributed by atoms with Gasteiger partial charge in [-0.3, -0.25) is 0 Å². The lowest BCUT2D eigenvalue weighted by Gasteiger charge is -1.95. The number of hydrogen-bond acceptors (Lipinski definition) is 3. The fourth-order valence-electron chi connectivity index (χ4n) is 1.06. The Morgan fingerprint density at radius 3 is 3.17 bits per heavy atom. The van der Waals surface area contributed by atoms with Crippen LogP contribution in [0.3, 0.4) is 0 Å². The van der Waals surface area contributed by atoms with Gasteiger partial charge in [0.1, 0.15) is 10.4 Å². The van der Waals surface area contributed by atoms with E-state index >= 15 is 0 Å². The molecule has 0 atom stereocenters. The predicted molar refractivity (Wildman–Crippen MR) is 46.0 cm³/mol. The van der Waals surface area contributed by atoms with Gasteiger partial charge in [0.25, 0.3) is 0 Å². The Kier molecular flexibility index (Phi) is 1.50. The highest BCUT2D eigenvalue weighted by Crippen LogP contribution is 2.08. The molecule has 0 spiro atoms. The standard InChI is InChI=1S/C6H5BrN4O/c1-3-8-4(7)2-5-9-10-6(12)11(3)5/h2H,1H3,(H,10,12). The molecule has 0 saturated heterocycles. The van der Waals surface area contributed by atoms with E-state index in [2.05, 4.69) is 31.1 Å². The number of nitrogens with one attached hydrogen (secondary N) is 1. The molecular weight excluding hydrogens is 224 g/mol. The number of aryl methyl sites for hydroxylation is 1. The van der Waals surface area contributed by atoms with Crippen LogP contribution in [0.15, 0.2) is 15.5 Å². The van der Waals surface area contributed by atoms with Crippen molar-refractivity contribution in [3.8, 4) is 0 Å². The summed E-state index contributed by atoms with van der Waals surface area (Å²) < 4.78 is 2.08. The third-order valence-electron chi connectivity index (χ3n) is 1.54. The molecule has 5 nitrogen and oxygen atoms in total. The van der Waals surface area contributed by atoms with Gasteiger partial charge in [-0.05, 0) is 22.9 Å². The average Bonchev–Trinajstić information content (AvgIpc) is 2.31. The molecule has 0 aromatic carbocycles. The molecule has 0 aliphatic carbocycles. The zero-order valence-corrected chi connectivity index (χ0v) is 7.79. The first-order valence-corrected chi connectivity index (χ1v) is 4.08. The number of H-pyrrole nitrogens is 1. The van der Waals surface area contributed by atoms with Gasteiger partial charge in [-0.25, -0.2) is 19.3 Å². The minimum absolute atomic E-state index is 0.262. The van der Waals surface area contributed by atoms with Crippen LogP contribution in [0.4, 0.5) is 0 Å². The van der Waals surface area contributed by atoms with E-state index in [0.29, 0.717) is 16.1 Å². The van der Waals surface area contributed by atoms with Gasteiger partial charge in [-0.2, -0.15) is 5.10 Å². The maximum Gasteiger partial charge on any atom is 0.349 e. The first-order chi connectivity index (χ1) is 5.68. The molecule has 0 aliphatic rings. The summed E-state index contributed by atoms with van der Waals surface area (Å²) in [5.41, 5.74) is 0.307. The Labute approximate surface area is 75.6 Å². The van der Waals surface area contributed by atoms with Crippen molar-refractivity contribution in [1.29, 1.82) is 0 Å². The average molecular weight is 229 g/mol. The Balaban J connectivity index is 3.03. The number of aromatic amines is 1. The molecule has 62 valence electrons. The van der Waals surface area contributed by atoms with Crippen LogP contribution in [0.2, 0.25) is 0 Å². The first kappa shape index (κ1) is 7.48. The monoisotopic (exact) mass is 228 g/mol. The van der Waals surface area contributed by atoms with E-state index in [4.69, 9.17) is 0 Å². The van der Waals surface area contributed by atoms with Crippen molar-refractivity contribution in [3.63, 3.8) is 0 Å². The Morgan fingerprint density at radius 1 is 1.67 bits per heavy atom. The third-order valence-corrected chi connectivity index (χ3v) is 1.94. The van der Waals surface area contributed by atoms with Crippen molar-refractivity contribution < 1.29 is 0 Å². The summed E-state index contributed by atoms with van der Waals surface area (Å²) in [5.74, 6) is 0.609. The number of nitrogens with zero attached hydrogens (tertiary/aromatic N) is 3. The Bertz CT molecular complexity index is 486. The fraction of sp³-hybridized carbons (Fsp3) is 0.167. The van der Waals surface area contributed by atoms with Crippen LogP contribution in [0.1, 0.15) is 5.82 Å². The molecule has 6 heteroatoms. The van der Waals surface area contributed by atoms with Gasteiger partial charge in [0.15, 0.2) is 5.65 Å². The minimum atomic E-state index is -0.262.